The molecule has 0 bridgehead atoms. The molecule has 0 aromatic heterocycles. The smallest absolute Gasteiger partial charge is 0.119 e. The largest absolute Gasteiger partial charge is 0.492 e. The number of aryl methyl sites for hydroxylation is 2. The third-order valence-corrected chi connectivity index (χ3v) is 3.16. The highest BCUT2D eigenvalue weighted by Gasteiger charge is 2.02. The molecule has 3 heteroatoms. The van der Waals surface area contributed by atoms with Gasteiger partial charge in [0.05, 0.1) is 5.88 Å². The van der Waals surface area contributed by atoms with Crippen molar-refractivity contribution >= 4 is 27.5 Å². The van der Waals surface area contributed by atoms with E-state index in [9.17, 15) is 0 Å². The van der Waals surface area contributed by atoms with Gasteiger partial charge in [-0.15, -0.1) is 11.6 Å². The minimum atomic E-state index is 0.522. The molecule has 1 rings (SSSR count). The van der Waals surface area contributed by atoms with Gasteiger partial charge in [0.2, 0.25) is 0 Å². The fraction of sp³-hybridized carbons (Fsp3) is 0.400. The van der Waals surface area contributed by atoms with E-state index in [0.717, 1.165) is 10.2 Å². The summed E-state index contributed by atoms with van der Waals surface area (Å²) in [5.41, 5.74) is 2.37. The zero-order valence-electron chi connectivity index (χ0n) is 7.73. The second kappa shape index (κ2) is 4.87. The lowest BCUT2D eigenvalue weighted by Gasteiger charge is -2.08. The molecule has 0 saturated carbocycles. The van der Waals surface area contributed by atoms with Crippen LogP contribution in [0.1, 0.15) is 11.1 Å². The molecule has 0 heterocycles. The van der Waals surface area contributed by atoms with E-state index in [-0.39, 0.29) is 0 Å². The number of rotatable bonds is 3. The molecule has 1 nitrogen and oxygen atoms in total. The SMILES string of the molecule is Cc1cc(OCCCl)cc(C)c1Br. The van der Waals surface area contributed by atoms with Gasteiger partial charge in [0, 0.05) is 4.47 Å². The summed E-state index contributed by atoms with van der Waals surface area (Å²) in [6.07, 6.45) is 0. The Bertz CT molecular complexity index is 276. The summed E-state index contributed by atoms with van der Waals surface area (Å²) in [7, 11) is 0. The lowest BCUT2D eigenvalue weighted by molar-refractivity contribution is 0.342. The number of halogens is 2. The van der Waals surface area contributed by atoms with Crippen LogP contribution in [0, 0.1) is 13.8 Å². The number of ether oxygens (including phenoxy) is 1. The van der Waals surface area contributed by atoms with E-state index < -0.39 is 0 Å². The normalized spacial score (nSPS) is 10.2. The zero-order chi connectivity index (χ0) is 9.84. The second-order valence-corrected chi connectivity index (χ2v) is 4.08. The molecule has 0 N–H and O–H groups in total. The highest BCUT2D eigenvalue weighted by molar-refractivity contribution is 9.10. The number of alkyl halides is 1. The van der Waals surface area contributed by atoms with Crippen LogP contribution in [-0.4, -0.2) is 12.5 Å². The van der Waals surface area contributed by atoms with Crippen LogP contribution in [-0.2, 0) is 0 Å². The highest BCUT2D eigenvalue weighted by Crippen LogP contribution is 2.26. The summed E-state index contributed by atoms with van der Waals surface area (Å²) in [6.45, 7) is 4.65. The summed E-state index contributed by atoms with van der Waals surface area (Å²) in [5.74, 6) is 1.41. The lowest BCUT2D eigenvalue weighted by Crippen LogP contribution is -1.98. The van der Waals surface area contributed by atoms with Crippen LogP contribution in [0.4, 0.5) is 0 Å². The van der Waals surface area contributed by atoms with Crippen molar-refractivity contribution in [2.24, 2.45) is 0 Å². The monoisotopic (exact) mass is 262 g/mol. The third kappa shape index (κ3) is 2.89. The minimum Gasteiger partial charge on any atom is -0.492 e. The van der Waals surface area contributed by atoms with Gasteiger partial charge >= 0.3 is 0 Å². The van der Waals surface area contributed by atoms with Gasteiger partial charge < -0.3 is 4.74 Å². The Hall–Kier alpha value is -0.210. The van der Waals surface area contributed by atoms with E-state index in [4.69, 9.17) is 16.3 Å². The van der Waals surface area contributed by atoms with Crippen molar-refractivity contribution in [3.05, 3.63) is 27.7 Å². The van der Waals surface area contributed by atoms with Crippen molar-refractivity contribution in [2.45, 2.75) is 13.8 Å². The van der Waals surface area contributed by atoms with Gasteiger partial charge in [-0.2, -0.15) is 0 Å². The molecule has 0 amide bonds. The Balaban J connectivity index is 2.86. The van der Waals surface area contributed by atoms with E-state index in [1.165, 1.54) is 11.1 Å². The predicted molar refractivity (Wildman–Crippen MR) is 59.8 cm³/mol. The fourth-order valence-corrected chi connectivity index (χ4v) is 1.45. The molecular weight excluding hydrogens is 251 g/mol. The Morgan fingerprint density at radius 2 is 1.85 bits per heavy atom. The number of hydrogen-bond acceptors (Lipinski definition) is 1. The standard InChI is InChI=1S/C10H12BrClO/c1-7-5-9(13-4-3-12)6-8(2)10(7)11/h5-6H,3-4H2,1-2H3. The van der Waals surface area contributed by atoms with Crippen molar-refractivity contribution in [3.8, 4) is 5.75 Å². The molecule has 0 unspecified atom stereocenters. The van der Waals surface area contributed by atoms with Gasteiger partial charge in [0.1, 0.15) is 12.4 Å². The molecule has 13 heavy (non-hydrogen) atoms. The molecule has 0 spiro atoms. The first-order valence-corrected chi connectivity index (χ1v) is 5.43. The lowest BCUT2D eigenvalue weighted by atomic mass is 10.1. The van der Waals surface area contributed by atoms with E-state index in [1.54, 1.807) is 0 Å². The molecule has 0 atom stereocenters. The Morgan fingerprint density at radius 3 is 2.31 bits per heavy atom. The first-order valence-electron chi connectivity index (χ1n) is 4.10. The average Bonchev–Trinajstić information content (AvgIpc) is 2.10. The maximum Gasteiger partial charge on any atom is 0.119 e. The maximum atomic E-state index is 5.53. The molecule has 72 valence electrons. The van der Waals surface area contributed by atoms with Crippen molar-refractivity contribution in [1.82, 2.24) is 0 Å². The van der Waals surface area contributed by atoms with Gasteiger partial charge in [0.25, 0.3) is 0 Å². The van der Waals surface area contributed by atoms with Crippen molar-refractivity contribution in [1.29, 1.82) is 0 Å². The molecule has 0 saturated heterocycles. The molecule has 0 fully saturated rings. The predicted octanol–water partition coefficient (Wildman–Crippen LogP) is 3.68. The first kappa shape index (κ1) is 10.9. The van der Waals surface area contributed by atoms with Gasteiger partial charge in [0.15, 0.2) is 0 Å². The second-order valence-electron chi connectivity index (χ2n) is 2.91. The molecule has 1 aromatic carbocycles. The maximum absolute atomic E-state index is 5.53. The van der Waals surface area contributed by atoms with Gasteiger partial charge in [-0.25, -0.2) is 0 Å². The average molecular weight is 264 g/mol. The topological polar surface area (TPSA) is 9.23 Å². The Morgan fingerprint density at radius 1 is 1.31 bits per heavy atom. The molecule has 1 aromatic rings. The summed E-state index contributed by atoms with van der Waals surface area (Å²) in [5, 5.41) is 0. The van der Waals surface area contributed by atoms with E-state index in [0.29, 0.717) is 12.5 Å². The minimum absolute atomic E-state index is 0.522. The molecule has 0 aliphatic heterocycles. The quantitative estimate of drug-likeness (QED) is 0.756. The van der Waals surface area contributed by atoms with Gasteiger partial charge in [-0.1, -0.05) is 15.9 Å². The van der Waals surface area contributed by atoms with Crippen molar-refractivity contribution < 1.29 is 4.74 Å². The van der Waals surface area contributed by atoms with Crippen molar-refractivity contribution in [2.75, 3.05) is 12.5 Å². The molecule has 0 aliphatic carbocycles. The molecular formula is C10H12BrClO. The van der Waals surface area contributed by atoms with Crippen LogP contribution in [0.15, 0.2) is 16.6 Å². The summed E-state index contributed by atoms with van der Waals surface area (Å²) < 4.78 is 6.56. The first-order chi connectivity index (χ1) is 6.15. The van der Waals surface area contributed by atoms with Gasteiger partial charge in [-0.05, 0) is 37.1 Å². The van der Waals surface area contributed by atoms with Crippen LogP contribution < -0.4 is 4.74 Å². The van der Waals surface area contributed by atoms with Crippen LogP contribution in [0.25, 0.3) is 0 Å². The van der Waals surface area contributed by atoms with Crippen LogP contribution in [0.5, 0.6) is 5.75 Å². The van der Waals surface area contributed by atoms with E-state index in [2.05, 4.69) is 15.9 Å². The van der Waals surface area contributed by atoms with Crippen LogP contribution in [0.3, 0.4) is 0 Å². The fourth-order valence-electron chi connectivity index (χ4n) is 1.15. The summed E-state index contributed by atoms with van der Waals surface area (Å²) in [6, 6.07) is 4.01. The Labute approximate surface area is 92.2 Å². The number of hydrogen-bond donors (Lipinski definition) is 0. The molecule has 0 aliphatic rings. The number of benzene rings is 1. The summed E-state index contributed by atoms with van der Waals surface area (Å²) in [4.78, 5) is 0. The van der Waals surface area contributed by atoms with Gasteiger partial charge in [-0.3, -0.25) is 0 Å². The zero-order valence-corrected chi connectivity index (χ0v) is 10.1. The summed E-state index contributed by atoms with van der Waals surface area (Å²) >= 11 is 9.03. The van der Waals surface area contributed by atoms with Crippen LogP contribution in [0.2, 0.25) is 0 Å². The Kier molecular flexibility index (Phi) is 4.07. The third-order valence-electron chi connectivity index (χ3n) is 1.76. The van der Waals surface area contributed by atoms with Crippen molar-refractivity contribution in [3.63, 3.8) is 0 Å². The highest BCUT2D eigenvalue weighted by atomic mass is 79.9. The molecule has 0 radical (unpaired) electrons. The van der Waals surface area contributed by atoms with E-state index in [1.807, 2.05) is 26.0 Å². The van der Waals surface area contributed by atoms with E-state index >= 15 is 0 Å². The van der Waals surface area contributed by atoms with Crippen LogP contribution >= 0.6 is 27.5 Å².